The van der Waals surface area contributed by atoms with Crippen LogP contribution in [0, 0.1) is 0 Å². The van der Waals surface area contributed by atoms with Gasteiger partial charge in [0, 0.05) is 23.6 Å². The van der Waals surface area contributed by atoms with Crippen molar-refractivity contribution in [3.63, 3.8) is 0 Å². The predicted molar refractivity (Wildman–Crippen MR) is 68.2 cm³/mol. The van der Waals surface area contributed by atoms with Gasteiger partial charge in [-0.25, -0.2) is 4.98 Å². The van der Waals surface area contributed by atoms with E-state index in [1.54, 1.807) is 0 Å². The van der Waals surface area contributed by atoms with Crippen molar-refractivity contribution in [1.29, 1.82) is 0 Å². The molecule has 0 fully saturated rings. The standard InChI is InChI=1S/C10H11Br2N3/c1-13-5-4-9-14-10(12)8-3-2-7(11)6-15(8)9/h2-3,6,13H,4-5H2,1H3. The monoisotopic (exact) mass is 331 g/mol. The summed E-state index contributed by atoms with van der Waals surface area (Å²) in [5.41, 5.74) is 1.10. The smallest absolute Gasteiger partial charge is 0.132 e. The number of hydrogen-bond acceptors (Lipinski definition) is 2. The third kappa shape index (κ3) is 2.24. The molecule has 0 saturated carbocycles. The minimum absolute atomic E-state index is 0.904. The summed E-state index contributed by atoms with van der Waals surface area (Å²) in [6.45, 7) is 0.929. The van der Waals surface area contributed by atoms with E-state index in [1.807, 2.05) is 25.4 Å². The third-order valence-corrected chi connectivity index (χ3v) is 3.28. The number of aromatic nitrogens is 2. The second-order valence-corrected chi connectivity index (χ2v) is 4.94. The summed E-state index contributed by atoms with van der Waals surface area (Å²) in [7, 11) is 1.95. The van der Waals surface area contributed by atoms with Crippen molar-refractivity contribution in [2.75, 3.05) is 13.6 Å². The van der Waals surface area contributed by atoms with Crippen LogP contribution in [0.3, 0.4) is 0 Å². The van der Waals surface area contributed by atoms with Crippen LogP contribution >= 0.6 is 31.9 Å². The zero-order chi connectivity index (χ0) is 10.8. The fourth-order valence-electron chi connectivity index (χ4n) is 1.49. The molecule has 3 nitrogen and oxygen atoms in total. The summed E-state index contributed by atoms with van der Waals surface area (Å²) in [4.78, 5) is 4.49. The van der Waals surface area contributed by atoms with Gasteiger partial charge in [-0.05, 0) is 51.0 Å². The Morgan fingerprint density at radius 3 is 2.93 bits per heavy atom. The second kappa shape index (κ2) is 4.63. The van der Waals surface area contributed by atoms with Gasteiger partial charge in [0.2, 0.25) is 0 Å². The minimum atomic E-state index is 0.904. The van der Waals surface area contributed by atoms with Crippen LogP contribution in [0.25, 0.3) is 5.52 Å². The highest BCUT2D eigenvalue weighted by Gasteiger charge is 2.08. The molecule has 0 radical (unpaired) electrons. The van der Waals surface area contributed by atoms with E-state index in [9.17, 15) is 0 Å². The Morgan fingerprint density at radius 1 is 1.40 bits per heavy atom. The Hall–Kier alpha value is -0.390. The molecule has 80 valence electrons. The summed E-state index contributed by atoms with van der Waals surface area (Å²) in [5, 5.41) is 3.12. The molecule has 1 N–H and O–H groups in total. The van der Waals surface area contributed by atoms with E-state index < -0.39 is 0 Å². The van der Waals surface area contributed by atoms with Crippen molar-refractivity contribution in [2.45, 2.75) is 6.42 Å². The molecule has 0 bridgehead atoms. The average Bonchev–Trinajstić information content (AvgIpc) is 2.52. The van der Waals surface area contributed by atoms with Gasteiger partial charge >= 0.3 is 0 Å². The van der Waals surface area contributed by atoms with Gasteiger partial charge in [-0.3, -0.25) is 0 Å². The number of nitrogens with one attached hydrogen (secondary N) is 1. The molecule has 0 spiro atoms. The summed E-state index contributed by atoms with van der Waals surface area (Å²) >= 11 is 6.93. The Balaban J connectivity index is 2.49. The van der Waals surface area contributed by atoms with Gasteiger partial charge in [-0.1, -0.05) is 0 Å². The van der Waals surface area contributed by atoms with E-state index >= 15 is 0 Å². The van der Waals surface area contributed by atoms with E-state index in [0.717, 1.165) is 33.4 Å². The first-order valence-corrected chi connectivity index (χ1v) is 6.27. The second-order valence-electron chi connectivity index (χ2n) is 3.27. The van der Waals surface area contributed by atoms with Crippen molar-refractivity contribution in [2.24, 2.45) is 0 Å². The highest BCUT2D eigenvalue weighted by Crippen LogP contribution is 2.21. The van der Waals surface area contributed by atoms with Gasteiger partial charge in [0.05, 0.1) is 5.52 Å². The molecule has 2 heterocycles. The minimum Gasteiger partial charge on any atom is -0.319 e. The van der Waals surface area contributed by atoms with Gasteiger partial charge in [0.1, 0.15) is 10.4 Å². The lowest BCUT2D eigenvalue weighted by atomic mass is 10.4. The fraction of sp³-hybridized carbons (Fsp3) is 0.300. The average molecular weight is 333 g/mol. The van der Waals surface area contributed by atoms with Crippen LogP contribution in [0.4, 0.5) is 0 Å². The molecule has 2 aromatic heterocycles. The molecule has 0 aliphatic heterocycles. The molecule has 0 atom stereocenters. The zero-order valence-corrected chi connectivity index (χ0v) is 11.5. The molecule has 2 rings (SSSR count). The van der Waals surface area contributed by atoms with Crippen LogP contribution in [0.5, 0.6) is 0 Å². The van der Waals surface area contributed by atoms with Crippen LogP contribution in [-0.2, 0) is 6.42 Å². The van der Waals surface area contributed by atoms with Crippen molar-refractivity contribution >= 4 is 37.4 Å². The number of hydrogen-bond donors (Lipinski definition) is 1. The van der Waals surface area contributed by atoms with Crippen molar-refractivity contribution in [3.05, 3.63) is 33.2 Å². The normalized spacial score (nSPS) is 11.1. The van der Waals surface area contributed by atoms with Gasteiger partial charge in [-0.15, -0.1) is 0 Å². The first-order chi connectivity index (χ1) is 7.22. The molecule has 0 unspecified atom stereocenters. The van der Waals surface area contributed by atoms with E-state index in [2.05, 4.69) is 46.6 Å². The first kappa shape index (κ1) is 11.1. The summed E-state index contributed by atoms with van der Waals surface area (Å²) in [6.07, 6.45) is 2.96. The number of imidazole rings is 1. The largest absolute Gasteiger partial charge is 0.319 e. The van der Waals surface area contributed by atoms with Gasteiger partial charge in [0.25, 0.3) is 0 Å². The quantitative estimate of drug-likeness (QED) is 0.936. The van der Waals surface area contributed by atoms with Crippen LogP contribution < -0.4 is 5.32 Å². The zero-order valence-electron chi connectivity index (χ0n) is 8.30. The predicted octanol–water partition coefficient (Wildman–Crippen LogP) is 2.62. The molecule has 0 saturated heterocycles. The topological polar surface area (TPSA) is 29.3 Å². The maximum absolute atomic E-state index is 4.49. The van der Waals surface area contributed by atoms with Crippen LogP contribution in [0.2, 0.25) is 0 Å². The highest BCUT2D eigenvalue weighted by molar-refractivity contribution is 9.10. The van der Waals surface area contributed by atoms with Gasteiger partial charge in [0.15, 0.2) is 0 Å². The molecular weight excluding hydrogens is 322 g/mol. The Labute approximate surface area is 105 Å². The number of likely N-dealkylation sites (N-methyl/N-ethyl adjacent to an activating group) is 1. The SMILES string of the molecule is CNCCc1nc(Br)c2ccc(Br)cn12. The molecule has 0 aromatic carbocycles. The molecular formula is C10H11Br2N3. The van der Waals surface area contributed by atoms with E-state index in [0.29, 0.717) is 0 Å². The molecule has 5 heteroatoms. The fourth-order valence-corrected chi connectivity index (χ4v) is 2.36. The maximum atomic E-state index is 4.49. The van der Waals surface area contributed by atoms with Crippen molar-refractivity contribution in [3.8, 4) is 0 Å². The molecule has 0 aliphatic carbocycles. The number of halogens is 2. The van der Waals surface area contributed by atoms with E-state index in [4.69, 9.17) is 0 Å². The highest BCUT2D eigenvalue weighted by atomic mass is 79.9. The Morgan fingerprint density at radius 2 is 2.20 bits per heavy atom. The van der Waals surface area contributed by atoms with E-state index in [-0.39, 0.29) is 0 Å². The lowest BCUT2D eigenvalue weighted by molar-refractivity contribution is 0.752. The number of rotatable bonds is 3. The maximum Gasteiger partial charge on any atom is 0.132 e. The van der Waals surface area contributed by atoms with E-state index in [1.165, 1.54) is 0 Å². The van der Waals surface area contributed by atoms with Crippen LogP contribution in [-0.4, -0.2) is 23.0 Å². The Bertz CT molecular complexity index is 479. The summed E-state index contributed by atoms with van der Waals surface area (Å²) in [6, 6.07) is 4.06. The molecule has 0 aliphatic rings. The van der Waals surface area contributed by atoms with Crippen molar-refractivity contribution in [1.82, 2.24) is 14.7 Å². The van der Waals surface area contributed by atoms with Gasteiger partial charge in [-0.2, -0.15) is 0 Å². The molecule has 2 aromatic rings. The summed E-state index contributed by atoms with van der Waals surface area (Å²) in [5.74, 6) is 1.06. The summed E-state index contributed by atoms with van der Waals surface area (Å²) < 4.78 is 4.07. The number of nitrogens with zero attached hydrogens (tertiary/aromatic N) is 2. The number of fused-ring (bicyclic) bond motifs is 1. The lowest BCUT2D eigenvalue weighted by Crippen LogP contribution is -2.12. The number of pyridine rings is 1. The van der Waals surface area contributed by atoms with Crippen LogP contribution in [0.1, 0.15) is 5.82 Å². The molecule has 0 amide bonds. The first-order valence-electron chi connectivity index (χ1n) is 4.69. The lowest BCUT2D eigenvalue weighted by Gasteiger charge is -2.01. The van der Waals surface area contributed by atoms with Crippen molar-refractivity contribution < 1.29 is 0 Å². The van der Waals surface area contributed by atoms with Gasteiger partial charge < -0.3 is 9.72 Å². The Kier molecular flexibility index (Phi) is 3.43. The third-order valence-electron chi connectivity index (χ3n) is 2.23. The molecule has 15 heavy (non-hydrogen) atoms. The van der Waals surface area contributed by atoms with Crippen LogP contribution in [0.15, 0.2) is 27.4 Å².